The van der Waals surface area contributed by atoms with E-state index >= 15 is 0 Å². The van der Waals surface area contributed by atoms with E-state index in [1.807, 2.05) is 24.3 Å². The third-order valence-corrected chi connectivity index (χ3v) is 5.14. The average molecular weight is 362 g/mol. The maximum absolute atomic E-state index is 5.78. The monoisotopic (exact) mass is 361 g/mol. The highest BCUT2D eigenvalue weighted by molar-refractivity contribution is 9.10. The van der Waals surface area contributed by atoms with Gasteiger partial charge in [-0.3, -0.25) is 0 Å². The average Bonchev–Trinajstić information content (AvgIpc) is 2.93. The molecule has 0 unspecified atom stereocenters. The Hall–Kier alpha value is -1.43. The van der Waals surface area contributed by atoms with Gasteiger partial charge >= 0.3 is 0 Å². The Kier molecular flexibility index (Phi) is 4.53. The Bertz CT molecular complexity index is 708. The molecule has 0 amide bonds. The van der Waals surface area contributed by atoms with Crippen LogP contribution in [-0.4, -0.2) is 18.1 Å². The Morgan fingerprint density at radius 1 is 1.10 bits per heavy atom. The van der Waals surface area contributed by atoms with Crippen molar-refractivity contribution in [2.24, 2.45) is 5.73 Å². The van der Waals surface area contributed by atoms with E-state index < -0.39 is 0 Å². The van der Waals surface area contributed by atoms with Crippen LogP contribution in [0.1, 0.15) is 5.56 Å². The van der Waals surface area contributed by atoms with Gasteiger partial charge in [0.05, 0.1) is 10.2 Å². The number of fused-ring (bicyclic) bond motifs is 1. The van der Waals surface area contributed by atoms with Crippen LogP contribution >= 0.6 is 27.3 Å². The third-order valence-electron chi connectivity index (χ3n) is 3.27. The lowest BCUT2D eigenvalue weighted by atomic mass is 10.2. The molecule has 0 fully saturated rings. The summed E-state index contributed by atoms with van der Waals surface area (Å²) < 4.78 is 2.33. The number of halogens is 1. The lowest BCUT2D eigenvalue weighted by Gasteiger charge is -2.21. The lowest BCUT2D eigenvalue weighted by molar-refractivity contribution is 0.785. The fraction of sp³-hybridized carbons (Fsp3) is 0.188. The zero-order chi connectivity index (χ0) is 14.7. The van der Waals surface area contributed by atoms with Gasteiger partial charge in [0.25, 0.3) is 0 Å². The van der Waals surface area contributed by atoms with Gasteiger partial charge in [0, 0.05) is 24.1 Å². The Morgan fingerprint density at radius 2 is 1.86 bits per heavy atom. The molecule has 3 nitrogen and oxygen atoms in total. The van der Waals surface area contributed by atoms with Crippen molar-refractivity contribution in [3.63, 3.8) is 0 Å². The van der Waals surface area contributed by atoms with Crippen LogP contribution in [0.3, 0.4) is 0 Å². The van der Waals surface area contributed by atoms with E-state index in [0.29, 0.717) is 6.54 Å². The molecule has 0 aliphatic carbocycles. The minimum atomic E-state index is 0.611. The Morgan fingerprint density at radius 3 is 2.62 bits per heavy atom. The van der Waals surface area contributed by atoms with Crippen LogP contribution in [0.15, 0.2) is 53.0 Å². The van der Waals surface area contributed by atoms with Crippen molar-refractivity contribution in [2.45, 2.75) is 6.54 Å². The molecule has 1 aromatic heterocycles. The zero-order valence-corrected chi connectivity index (χ0v) is 13.9. The van der Waals surface area contributed by atoms with E-state index in [1.54, 1.807) is 11.3 Å². The van der Waals surface area contributed by atoms with Crippen LogP contribution in [0.2, 0.25) is 0 Å². The molecule has 0 bridgehead atoms. The maximum Gasteiger partial charge on any atom is 0.186 e. The van der Waals surface area contributed by atoms with Gasteiger partial charge < -0.3 is 10.6 Å². The smallest absolute Gasteiger partial charge is 0.186 e. The van der Waals surface area contributed by atoms with Crippen LogP contribution in [0.5, 0.6) is 0 Å². The van der Waals surface area contributed by atoms with Crippen LogP contribution in [0.4, 0.5) is 5.13 Å². The number of thiazole rings is 1. The van der Waals surface area contributed by atoms with E-state index in [4.69, 9.17) is 10.7 Å². The van der Waals surface area contributed by atoms with Gasteiger partial charge in [-0.05, 0) is 23.8 Å². The number of benzene rings is 2. The van der Waals surface area contributed by atoms with Gasteiger partial charge in [-0.25, -0.2) is 4.98 Å². The quantitative estimate of drug-likeness (QED) is 0.745. The summed E-state index contributed by atoms with van der Waals surface area (Å²) in [4.78, 5) is 6.97. The molecule has 0 atom stereocenters. The van der Waals surface area contributed by atoms with Crippen molar-refractivity contribution in [1.29, 1.82) is 0 Å². The summed E-state index contributed by atoms with van der Waals surface area (Å²) in [5.74, 6) is 0. The molecule has 0 aliphatic rings. The van der Waals surface area contributed by atoms with E-state index in [-0.39, 0.29) is 0 Å². The molecule has 0 radical (unpaired) electrons. The predicted molar refractivity (Wildman–Crippen MR) is 93.9 cm³/mol. The number of anilines is 1. The number of hydrogen-bond acceptors (Lipinski definition) is 4. The number of hydrogen-bond donors (Lipinski definition) is 1. The molecule has 2 N–H and O–H groups in total. The summed E-state index contributed by atoms with van der Waals surface area (Å²) in [5.41, 5.74) is 8.06. The first kappa shape index (κ1) is 14.5. The number of aromatic nitrogens is 1. The van der Waals surface area contributed by atoms with Crippen molar-refractivity contribution >= 4 is 42.6 Å². The number of nitrogens with zero attached hydrogens (tertiary/aromatic N) is 2. The number of nitrogens with two attached hydrogens (primary N) is 1. The summed E-state index contributed by atoms with van der Waals surface area (Å²) in [6.45, 7) is 2.21. The van der Waals surface area contributed by atoms with Crippen molar-refractivity contribution in [3.8, 4) is 0 Å². The first-order chi connectivity index (χ1) is 10.3. The number of para-hydroxylation sites is 1. The summed E-state index contributed by atoms with van der Waals surface area (Å²) >= 11 is 5.32. The molecular weight excluding hydrogens is 346 g/mol. The topological polar surface area (TPSA) is 42.1 Å². The summed E-state index contributed by atoms with van der Waals surface area (Å²) in [6, 6.07) is 16.5. The second kappa shape index (κ2) is 6.56. The molecule has 3 aromatic rings. The standard InChI is InChI=1S/C16H16BrN3S/c17-13-6-2-1-5-12(13)11-20(10-9-18)16-19-14-7-3-4-8-15(14)21-16/h1-8H,9-11,18H2. The van der Waals surface area contributed by atoms with E-state index in [9.17, 15) is 0 Å². The van der Waals surface area contributed by atoms with Crippen molar-refractivity contribution < 1.29 is 0 Å². The van der Waals surface area contributed by atoms with Crippen LogP contribution in [0, 0.1) is 0 Å². The summed E-state index contributed by atoms with van der Waals surface area (Å²) in [7, 11) is 0. The van der Waals surface area contributed by atoms with Gasteiger partial charge in [0.15, 0.2) is 5.13 Å². The van der Waals surface area contributed by atoms with E-state index in [0.717, 1.165) is 28.2 Å². The normalized spacial score (nSPS) is 11.0. The Balaban J connectivity index is 1.92. The molecule has 3 rings (SSSR count). The van der Waals surface area contributed by atoms with Crippen molar-refractivity contribution in [1.82, 2.24) is 4.98 Å². The van der Waals surface area contributed by atoms with Gasteiger partial charge in [-0.15, -0.1) is 0 Å². The molecule has 0 aliphatic heterocycles. The molecule has 108 valence electrons. The molecule has 2 aromatic carbocycles. The van der Waals surface area contributed by atoms with E-state index in [2.05, 4.69) is 45.1 Å². The lowest BCUT2D eigenvalue weighted by Crippen LogP contribution is -2.28. The first-order valence-corrected chi connectivity index (χ1v) is 8.43. The highest BCUT2D eigenvalue weighted by Gasteiger charge is 2.13. The minimum Gasteiger partial charge on any atom is -0.342 e. The highest BCUT2D eigenvalue weighted by Crippen LogP contribution is 2.30. The van der Waals surface area contributed by atoms with Crippen molar-refractivity contribution in [3.05, 3.63) is 58.6 Å². The molecule has 21 heavy (non-hydrogen) atoms. The Labute approximate surface area is 136 Å². The zero-order valence-electron chi connectivity index (χ0n) is 11.5. The summed E-state index contributed by atoms with van der Waals surface area (Å²) in [5, 5.41) is 1.03. The largest absolute Gasteiger partial charge is 0.342 e. The first-order valence-electron chi connectivity index (χ1n) is 6.82. The number of rotatable bonds is 5. The SMILES string of the molecule is NCCN(Cc1ccccc1Br)c1nc2ccccc2s1. The fourth-order valence-electron chi connectivity index (χ4n) is 2.23. The second-order valence-corrected chi connectivity index (χ2v) is 6.63. The molecule has 1 heterocycles. The van der Waals surface area contributed by atoms with Gasteiger partial charge in [0.2, 0.25) is 0 Å². The maximum atomic E-state index is 5.78. The minimum absolute atomic E-state index is 0.611. The van der Waals surface area contributed by atoms with Gasteiger partial charge in [-0.1, -0.05) is 57.6 Å². The molecule has 0 saturated heterocycles. The molecule has 0 spiro atoms. The molecular formula is C16H16BrN3S. The predicted octanol–water partition coefficient (Wildman–Crippen LogP) is 4.02. The molecule has 0 saturated carbocycles. The highest BCUT2D eigenvalue weighted by atomic mass is 79.9. The third kappa shape index (κ3) is 3.26. The van der Waals surface area contributed by atoms with Gasteiger partial charge in [-0.2, -0.15) is 0 Å². The summed E-state index contributed by atoms with van der Waals surface area (Å²) in [6.07, 6.45) is 0. The van der Waals surface area contributed by atoms with Crippen LogP contribution < -0.4 is 10.6 Å². The van der Waals surface area contributed by atoms with Gasteiger partial charge in [0.1, 0.15) is 0 Å². The van der Waals surface area contributed by atoms with Crippen molar-refractivity contribution in [2.75, 3.05) is 18.0 Å². The van der Waals surface area contributed by atoms with Crippen LogP contribution in [-0.2, 0) is 6.54 Å². The second-order valence-electron chi connectivity index (χ2n) is 4.77. The van der Waals surface area contributed by atoms with E-state index in [1.165, 1.54) is 10.3 Å². The molecule has 5 heteroatoms. The van der Waals surface area contributed by atoms with Crippen LogP contribution in [0.25, 0.3) is 10.2 Å². The fourth-order valence-corrected chi connectivity index (χ4v) is 3.63.